The van der Waals surface area contributed by atoms with Crippen molar-refractivity contribution in [2.24, 2.45) is 11.7 Å². The second kappa shape index (κ2) is 12.5. The number of hydrogen-bond acceptors (Lipinski definition) is 5. The molecule has 7 heteroatoms. The predicted octanol–water partition coefficient (Wildman–Crippen LogP) is 3.46. The van der Waals surface area contributed by atoms with Crippen LogP contribution in [-0.4, -0.2) is 47.4 Å². The summed E-state index contributed by atoms with van der Waals surface area (Å²) in [4.78, 5) is 33.1. The van der Waals surface area contributed by atoms with Crippen LogP contribution >= 0.6 is 0 Å². The molecule has 1 aromatic rings. The van der Waals surface area contributed by atoms with Gasteiger partial charge in [0.25, 0.3) is 0 Å². The molecular weight excluding hydrogens is 426 g/mol. The van der Waals surface area contributed by atoms with Crippen LogP contribution in [0.3, 0.4) is 0 Å². The second-order valence-corrected chi connectivity index (χ2v) is 9.31. The van der Waals surface area contributed by atoms with Crippen molar-refractivity contribution in [1.29, 1.82) is 0 Å². The predicted molar refractivity (Wildman–Crippen MR) is 136 cm³/mol. The lowest BCUT2D eigenvalue weighted by molar-refractivity contribution is -0.139. The summed E-state index contributed by atoms with van der Waals surface area (Å²) < 4.78 is 0. The first-order valence-corrected chi connectivity index (χ1v) is 12.4. The summed E-state index contributed by atoms with van der Waals surface area (Å²) >= 11 is 0. The molecule has 184 valence electrons. The van der Waals surface area contributed by atoms with E-state index in [4.69, 9.17) is 5.73 Å². The SMILES string of the molecule is C=C/C=C(\C=C/N)c1cncc(C2CCCN2C(=O)C(NC(=O)C(C)NC)C2CCCCC2)c1. The number of hydrogen-bond donors (Lipinski definition) is 3. The molecule has 2 heterocycles. The smallest absolute Gasteiger partial charge is 0.245 e. The number of nitrogens with zero attached hydrogens (tertiary/aromatic N) is 2. The van der Waals surface area contributed by atoms with Gasteiger partial charge >= 0.3 is 0 Å². The van der Waals surface area contributed by atoms with Crippen LogP contribution in [0.1, 0.15) is 69.0 Å². The molecule has 2 aliphatic rings. The van der Waals surface area contributed by atoms with E-state index in [1.165, 1.54) is 12.6 Å². The van der Waals surface area contributed by atoms with E-state index in [9.17, 15) is 9.59 Å². The van der Waals surface area contributed by atoms with Gasteiger partial charge < -0.3 is 21.3 Å². The van der Waals surface area contributed by atoms with E-state index in [2.05, 4.69) is 28.3 Å². The van der Waals surface area contributed by atoms with E-state index in [0.29, 0.717) is 6.54 Å². The molecule has 7 nitrogen and oxygen atoms in total. The number of carbonyl (C=O) groups excluding carboxylic acids is 2. The first-order chi connectivity index (χ1) is 16.5. The van der Waals surface area contributed by atoms with E-state index in [1.54, 1.807) is 19.3 Å². The third kappa shape index (κ3) is 6.14. The van der Waals surface area contributed by atoms with Crippen LogP contribution in [0.2, 0.25) is 0 Å². The average molecular weight is 466 g/mol. The number of nitrogens with two attached hydrogens (primary N) is 1. The standard InChI is InChI=1S/C27H39N5O2/c1-4-9-20(13-14-28)22-16-23(18-30-17-22)24-12-8-15-32(24)27(34)25(21-10-6-5-7-11-21)31-26(33)19(2)29-3/h4,9,13-14,16-19,21,24-25,29H,1,5-8,10-12,15,28H2,2-3H3,(H,31,33)/b14-13-,20-9+. The van der Waals surface area contributed by atoms with E-state index >= 15 is 0 Å². The van der Waals surface area contributed by atoms with Gasteiger partial charge in [0, 0.05) is 24.5 Å². The van der Waals surface area contributed by atoms with Crippen molar-refractivity contribution in [1.82, 2.24) is 20.5 Å². The third-order valence-corrected chi connectivity index (χ3v) is 7.10. The van der Waals surface area contributed by atoms with Gasteiger partial charge in [0.2, 0.25) is 11.8 Å². The summed E-state index contributed by atoms with van der Waals surface area (Å²) in [6.07, 6.45) is 17.7. The van der Waals surface area contributed by atoms with Crippen LogP contribution < -0.4 is 16.4 Å². The number of allylic oxidation sites excluding steroid dienone is 4. The lowest BCUT2D eigenvalue weighted by Gasteiger charge is -2.35. The first kappa shape index (κ1) is 25.7. The van der Waals surface area contributed by atoms with E-state index in [1.807, 2.05) is 30.2 Å². The number of likely N-dealkylation sites (N-methyl/N-ethyl adjacent to an activating group) is 1. The Hall–Kier alpha value is -2.93. The Morgan fingerprint density at radius 2 is 1.97 bits per heavy atom. The van der Waals surface area contributed by atoms with Gasteiger partial charge in [-0.15, -0.1) is 0 Å². The summed E-state index contributed by atoms with van der Waals surface area (Å²) in [7, 11) is 1.76. The molecule has 0 bridgehead atoms. The van der Waals surface area contributed by atoms with Crippen molar-refractivity contribution in [3.05, 3.63) is 60.6 Å². The maximum absolute atomic E-state index is 13.9. The van der Waals surface area contributed by atoms with Gasteiger partial charge in [-0.2, -0.15) is 0 Å². The van der Waals surface area contributed by atoms with Crippen LogP contribution in [-0.2, 0) is 9.59 Å². The van der Waals surface area contributed by atoms with E-state index in [0.717, 1.165) is 55.2 Å². The summed E-state index contributed by atoms with van der Waals surface area (Å²) in [5, 5.41) is 6.08. The molecule has 3 atom stereocenters. The van der Waals surface area contributed by atoms with Crippen molar-refractivity contribution in [2.75, 3.05) is 13.6 Å². The van der Waals surface area contributed by atoms with Crippen molar-refractivity contribution in [3.8, 4) is 0 Å². The number of amides is 2. The maximum atomic E-state index is 13.9. The Morgan fingerprint density at radius 1 is 1.21 bits per heavy atom. The molecule has 0 spiro atoms. The molecule has 3 rings (SSSR count). The van der Waals surface area contributed by atoms with Crippen LogP contribution in [0.4, 0.5) is 0 Å². The minimum Gasteiger partial charge on any atom is -0.405 e. The number of pyridine rings is 1. The van der Waals surface area contributed by atoms with E-state index < -0.39 is 6.04 Å². The fourth-order valence-corrected chi connectivity index (χ4v) is 5.09. The summed E-state index contributed by atoms with van der Waals surface area (Å²) in [6.45, 7) is 6.29. The highest BCUT2D eigenvalue weighted by molar-refractivity contribution is 5.90. The topological polar surface area (TPSA) is 100 Å². The minimum atomic E-state index is -0.489. The van der Waals surface area contributed by atoms with Crippen LogP contribution in [0.25, 0.3) is 5.57 Å². The van der Waals surface area contributed by atoms with Gasteiger partial charge in [0.05, 0.1) is 12.1 Å². The zero-order valence-electron chi connectivity index (χ0n) is 20.5. The molecule has 2 amide bonds. The molecule has 1 saturated heterocycles. The van der Waals surface area contributed by atoms with Gasteiger partial charge in [0.1, 0.15) is 6.04 Å². The second-order valence-electron chi connectivity index (χ2n) is 9.31. The molecule has 4 N–H and O–H groups in total. The molecule has 0 radical (unpaired) electrons. The van der Waals surface area contributed by atoms with Gasteiger partial charge in [-0.1, -0.05) is 38.0 Å². The van der Waals surface area contributed by atoms with Gasteiger partial charge in [-0.3, -0.25) is 14.6 Å². The summed E-state index contributed by atoms with van der Waals surface area (Å²) in [6, 6.07) is 1.18. The molecule has 34 heavy (non-hydrogen) atoms. The molecule has 1 aliphatic carbocycles. The van der Waals surface area contributed by atoms with Crippen molar-refractivity contribution in [2.45, 2.75) is 70.0 Å². The highest BCUT2D eigenvalue weighted by atomic mass is 16.2. The molecular formula is C27H39N5O2. The number of likely N-dealkylation sites (tertiary alicyclic amines) is 1. The first-order valence-electron chi connectivity index (χ1n) is 12.4. The Labute approximate surface area is 203 Å². The maximum Gasteiger partial charge on any atom is 0.245 e. The lowest BCUT2D eigenvalue weighted by atomic mass is 9.83. The van der Waals surface area contributed by atoms with Crippen molar-refractivity contribution < 1.29 is 9.59 Å². The summed E-state index contributed by atoms with van der Waals surface area (Å²) in [5.74, 6) is 0.0792. The normalized spacial score (nSPS) is 21.4. The minimum absolute atomic E-state index is 0.0279. The van der Waals surface area contributed by atoms with Gasteiger partial charge in [-0.25, -0.2) is 0 Å². The Bertz CT molecular complexity index is 919. The number of aromatic nitrogens is 1. The molecule has 1 aromatic heterocycles. The third-order valence-electron chi connectivity index (χ3n) is 7.10. The Morgan fingerprint density at radius 3 is 2.65 bits per heavy atom. The monoisotopic (exact) mass is 465 g/mol. The van der Waals surface area contributed by atoms with Gasteiger partial charge in [-0.05, 0) is 75.1 Å². The van der Waals surface area contributed by atoms with Crippen molar-refractivity contribution >= 4 is 17.4 Å². The van der Waals surface area contributed by atoms with Crippen LogP contribution in [0.15, 0.2) is 49.5 Å². The zero-order chi connectivity index (χ0) is 24.5. The highest BCUT2D eigenvalue weighted by Crippen LogP contribution is 2.35. The lowest BCUT2D eigenvalue weighted by Crippen LogP contribution is -2.55. The average Bonchev–Trinajstić information content (AvgIpc) is 3.37. The summed E-state index contributed by atoms with van der Waals surface area (Å²) in [5.41, 5.74) is 8.47. The largest absolute Gasteiger partial charge is 0.405 e. The molecule has 0 aromatic carbocycles. The molecule has 2 fully saturated rings. The fourth-order valence-electron chi connectivity index (χ4n) is 5.09. The number of carbonyl (C=O) groups is 2. The van der Waals surface area contributed by atoms with Crippen LogP contribution in [0, 0.1) is 5.92 Å². The van der Waals surface area contributed by atoms with Gasteiger partial charge in [0.15, 0.2) is 0 Å². The Kier molecular flexibility index (Phi) is 9.45. The molecule has 1 aliphatic heterocycles. The fraction of sp³-hybridized carbons (Fsp3) is 0.519. The quantitative estimate of drug-likeness (QED) is 0.485. The number of nitrogens with one attached hydrogen (secondary N) is 2. The molecule has 1 saturated carbocycles. The highest BCUT2D eigenvalue weighted by Gasteiger charge is 2.39. The van der Waals surface area contributed by atoms with Crippen LogP contribution in [0.5, 0.6) is 0 Å². The Balaban J connectivity index is 1.87. The zero-order valence-corrected chi connectivity index (χ0v) is 20.5. The number of rotatable bonds is 9. The molecule has 3 unspecified atom stereocenters. The van der Waals surface area contributed by atoms with E-state index in [-0.39, 0.29) is 29.8 Å². The van der Waals surface area contributed by atoms with Crippen molar-refractivity contribution in [3.63, 3.8) is 0 Å².